The van der Waals surface area contributed by atoms with Crippen molar-refractivity contribution in [2.75, 3.05) is 0 Å². The summed E-state index contributed by atoms with van der Waals surface area (Å²) in [4.78, 5) is 0. The molecule has 0 amide bonds. The molecule has 0 aliphatic carbocycles. The average Bonchev–Trinajstić information content (AvgIpc) is 1.89. The van der Waals surface area contributed by atoms with Crippen LogP contribution < -0.4 is 0 Å². The number of hydrogen-bond acceptors (Lipinski definition) is 1. The van der Waals surface area contributed by atoms with Crippen LogP contribution >= 0.6 is 0 Å². The minimum atomic E-state index is -0.790. The molecule has 0 aliphatic rings. The first-order chi connectivity index (χ1) is 4.18. The third kappa shape index (κ3) is 2.53. The smallest absolute Gasteiger partial charge is 0.125 e. The monoisotopic (exact) mass is 125 g/mol. The lowest BCUT2D eigenvalue weighted by Gasteiger charge is -2.16. The van der Waals surface area contributed by atoms with E-state index >= 15 is 0 Å². The van der Waals surface area contributed by atoms with Crippen molar-refractivity contribution in [3.63, 3.8) is 0 Å². The van der Waals surface area contributed by atoms with Crippen LogP contribution in [0.15, 0.2) is 0 Å². The van der Waals surface area contributed by atoms with Gasteiger partial charge < -0.3 is 5.11 Å². The number of aliphatic hydroxyl groups is 1. The first-order valence-electron chi connectivity index (χ1n) is 3.20. The van der Waals surface area contributed by atoms with E-state index in [1.807, 2.05) is 13.8 Å². The van der Waals surface area contributed by atoms with Gasteiger partial charge in [0.15, 0.2) is 0 Å². The van der Waals surface area contributed by atoms with E-state index in [1.54, 1.807) is 0 Å². The molecule has 0 aromatic heterocycles. The van der Waals surface area contributed by atoms with Crippen LogP contribution in [-0.2, 0) is 0 Å². The quantitative estimate of drug-likeness (QED) is 0.553. The zero-order chi connectivity index (χ0) is 7.33. The van der Waals surface area contributed by atoms with Gasteiger partial charge in [-0.2, -0.15) is 0 Å². The molecule has 0 heterocycles. The summed E-state index contributed by atoms with van der Waals surface area (Å²) >= 11 is 0. The topological polar surface area (TPSA) is 20.2 Å². The molecule has 0 fully saturated rings. The SMILES string of the molecule is [CH2]C#CC(O)(CC)CC. The van der Waals surface area contributed by atoms with E-state index in [0.29, 0.717) is 12.8 Å². The molecule has 0 atom stereocenters. The van der Waals surface area contributed by atoms with Gasteiger partial charge in [0, 0.05) is 6.92 Å². The maximum absolute atomic E-state index is 9.42. The van der Waals surface area contributed by atoms with Crippen molar-refractivity contribution in [2.24, 2.45) is 0 Å². The van der Waals surface area contributed by atoms with Crippen molar-refractivity contribution in [1.29, 1.82) is 0 Å². The fourth-order valence-corrected chi connectivity index (χ4v) is 0.591. The molecule has 0 aliphatic heterocycles. The van der Waals surface area contributed by atoms with Crippen LogP contribution in [0.2, 0.25) is 0 Å². The van der Waals surface area contributed by atoms with Gasteiger partial charge in [-0.1, -0.05) is 25.7 Å². The summed E-state index contributed by atoms with van der Waals surface area (Å²) < 4.78 is 0. The summed E-state index contributed by atoms with van der Waals surface area (Å²) in [6.07, 6.45) is 1.35. The van der Waals surface area contributed by atoms with Crippen LogP contribution in [0.5, 0.6) is 0 Å². The van der Waals surface area contributed by atoms with Crippen LogP contribution in [0.3, 0.4) is 0 Å². The van der Waals surface area contributed by atoms with Gasteiger partial charge in [-0.05, 0) is 12.8 Å². The highest BCUT2D eigenvalue weighted by atomic mass is 16.3. The number of rotatable bonds is 2. The van der Waals surface area contributed by atoms with Gasteiger partial charge >= 0.3 is 0 Å². The van der Waals surface area contributed by atoms with Crippen LogP contribution in [0.4, 0.5) is 0 Å². The summed E-state index contributed by atoms with van der Waals surface area (Å²) in [5.41, 5.74) is -0.790. The fraction of sp³-hybridized carbons (Fsp3) is 0.625. The van der Waals surface area contributed by atoms with Gasteiger partial charge in [0.25, 0.3) is 0 Å². The van der Waals surface area contributed by atoms with Gasteiger partial charge in [0.1, 0.15) is 5.60 Å². The fourth-order valence-electron chi connectivity index (χ4n) is 0.591. The Labute approximate surface area is 57.1 Å². The van der Waals surface area contributed by atoms with Gasteiger partial charge in [0.2, 0.25) is 0 Å². The Kier molecular flexibility index (Phi) is 3.34. The Morgan fingerprint density at radius 1 is 1.44 bits per heavy atom. The second-order valence-corrected chi connectivity index (χ2v) is 2.04. The molecule has 0 spiro atoms. The largest absolute Gasteiger partial charge is 0.378 e. The van der Waals surface area contributed by atoms with E-state index in [0.717, 1.165) is 0 Å². The summed E-state index contributed by atoms with van der Waals surface area (Å²) in [6, 6.07) is 0. The Morgan fingerprint density at radius 3 is 2.00 bits per heavy atom. The van der Waals surface area contributed by atoms with Gasteiger partial charge in [-0.25, -0.2) is 0 Å². The average molecular weight is 125 g/mol. The molecule has 0 saturated carbocycles. The summed E-state index contributed by atoms with van der Waals surface area (Å²) in [5, 5.41) is 9.42. The minimum absolute atomic E-state index is 0.673. The lowest BCUT2D eigenvalue weighted by atomic mass is 9.99. The first-order valence-corrected chi connectivity index (χ1v) is 3.20. The Hall–Kier alpha value is -0.480. The molecule has 0 aromatic carbocycles. The van der Waals surface area contributed by atoms with Gasteiger partial charge in [-0.15, -0.1) is 0 Å². The zero-order valence-electron chi connectivity index (χ0n) is 6.07. The van der Waals surface area contributed by atoms with Crippen molar-refractivity contribution < 1.29 is 5.11 Å². The third-order valence-corrected chi connectivity index (χ3v) is 1.49. The highest BCUT2D eigenvalue weighted by Crippen LogP contribution is 2.11. The highest BCUT2D eigenvalue weighted by molar-refractivity contribution is 5.14. The molecule has 0 bridgehead atoms. The number of hydrogen-bond donors (Lipinski definition) is 1. The highest BCUT2D eigenvalue weighted by Gasteiger charge is 2.17. The van der Waals surface area contributed by atoms with E-state index < -0.39 is 5.60 Å². The maximum atomic E-state index is 9.42. The molecular formula is C8H13O. The van der Waals surface area contributed by atoms with Crippen LogP contribution in [-0.4, -0.2) is 10.7 Å². The summed E-state index contributed by atoms with van der Waals surface area (Å²) in [6.45, 7) is 7.17. The molecule has 0 unspecified atom stereocenters. The van der Waals surface area contributed by atoms with Crippen molar-refractivity contribution in [3.8, 4) is 11.8 Å². The van der Waals surface area contributed by atoms with Crippen LogP contribution in [0.25, 0.3) is 0 Å². The molecule has 1 radical (unpaired) electrons. The van der Waals surface area contributed by atoms with Crippen molar-refractivity contribution in [2.45, 2.75) is 32.3 Å². The minimum Gasteiger partial charge on any atom is -0.378 e. The summed E-state index contributed by atoms with van der Waals surface area (Å²) in [5.74, 6) is 5.11. The Bertz CT molecular complexity index is 123. The van der Waals surface area contributed by atoms with Crippen molar-refractivity contribution >= 4 is 0 Å². The molecule has 0 saturated heterocycles. The van der Waals surface area contributed by atoms with E-state index in [-0.39, 0.29) is 0 Å². The lowest BCUT2D eigenvalue weighted by molar-refractivity contribution is 0.0931. The normalized spacial score (nSPS) is 10.2. The predicted molar refractivity (Wildman–Crippen MR) is 38.7 cm³/mol. The Morgan fingerprint density at radius 2 is 1.89 bits per heavy atom. The van der Waals surface area contributed by atoms with Gasteiger partial charge in [-0.3, -0.25) is 0 Å². The molecule has 1 heteroatoms. The van der Waals surface area contributed by atoms with Crippen molar-refractivity contribution in [1.82, 2.24) is 0 Å². The second-order valence-electron chi connectivity index (χ2n) is 2.04. The van der Waals surface area contributed by atoms with Crippen LogP contribution in [0.1, 0.15) is 26.7 Å². The molecule has 0 rings (SSSR count). The van der Waals surface area contributed by atoms with Gasteiger partial charge in [0.05, 0.1) is 0 Å². The Balaban J connectivity index is 4.03. The van der Waals surface area contributed by atoms with E-state index in [2.05, 4.69) is 18.8 Å². The molecule has 1 N–H and O–H groups in total. The zero-order valence-corrected chi connectivity index (χ0v) is 6.07. The lowest BCUT2D eigenvalue weighted by Crippen LogP contribution is -2.23. The second kappa shape index (κ2) is 3.53. The van der Waals surface area contributed by atoms with E-state index in [4.69, 9.17) is 0 Å². The molecule has 1 nitrogen and oxygen atoms in total. The molecule has 0 aromatic rings. The third-order valence-electron chi connectivity index (χ3n) is 1.49. The van der Waals surface area contributed by atoms with E-state index in [9.17, 15) is 5.11 Å². The van der Waals surface area contributed by atoms with E-state index in [1.165, 1.54) is 0 Å². The standard InChI is InChI=1S/C8H13O/c1-4-7-8(9,5-2)6-3/h9H,1,5-6H2,2-3H3. The predicted octanol–water partition coefficient (Wildman–Crippen LogP) is 1.37. The first kappa shape index (κ1) is 8.52. The maximum Gasteiger partial charge on any atom is 0.125 e. The van der Waals surface area contributed by atoms with Crippen LogP contribution in [0, 0.1) is 18.8 Å². The molecule has 51 valence electrons. The van der Waals surface area contributed by atoms with Crippen molar-refractivity contribution in [3.05, 3.63) is 6.92 Å². The molecular weight excluding hydrogens is 112 g/mol. The summed E-state index contributed by atoms with van der Waals surface area (Å²) in [7, 11) is 0. The molecule has 9 heavy (non-hydrogen) atoms.